The Kier molecular flexibility index (Phi) is 2.97. The Balaban J connectivity index is 2.01. The van der Waals surface area contributed by atoms with E-state index in [1.54, 1.807) is 11.3 Å². The fourth-order valence-corrected chi connectivity index (χ4v) is 3.01. The second-order valence-corrected chi connectivity index (χ2v) is 5.62. The quantitative estimate of drug-likeness (QED) is 0.904. The third kappa shape index (κ3) is 1.98. The van der Waals surface area contributed by atoms with Gasteiger partial charge in [0.1, 0.15) is 13.2 Å². The van der Waals surface area contributed by atoms with E-state index in [4.69, 9.17) is 15.2 Å². The lowest BCUT2D eigenvalue weighted by molar-refractivity contribution is 0.169. The van der Waals surface area contributed by atoms with Gasteiger partial charge in [0.05, 0.1) is 6.04 Å². The Morgan fingerprint density at radius 3 is 2.78 bits per heavy atom. The first-order valence-electron chi connectivity index (χ1n) is 5.96. The first kappa shape index (κ1) is 11.6. The highest BCUT2D eigenvalue weighted by Crippen LogP contribution is 2.39. The average Bonchev–Trinajstić information content (AvgIpc) is 2.84. The van der Waals surface area contributed by atoms with E-state index in [0.717, 1.165) is 21.9 Å². The van der Waals surface area contributed by atoms with Crippen LogP contribution in [0.2, 0.25) is 0 Å². The molecule has 1 unspecified atom stereocenters. The summed E-state index contributed by atoms with van der Waals surface area (Å²) in [6.07, 6.45) is 0. The van der Waals surface area contributed by atoms with Crippen molar-refractivity contribution in [2.45, 2.75) is 13.0 Å². The van der Waals surface area contributed by atoms with Crippen molar-refractivity contribution in [1.29, 1.82) is 0 Å². The second-order valence-electron chi connectivity index (χ2n) is 4.30. The molecule has 1 aromatic heterocycles. The van der Waals surface area contributed by atoms with E-state index in [-0.39, 0.29) is 6.04 Å². The first-order chi connectivity index (χ1) is 8.75. The molecule has 3 rings (SSSR count). The third-order valence-corrected chi connectivity index (χ3v) is 4.08. The topological polar surface area (TPSA) is 44.5 Å². The molecule has 3 nitrogen and oxygen atoms in total. The Morgan fingerprint density at radius 2 is 2.00 bits per heavy atom. The Morgan fingerprint density at radius 1 is 1.17 bits per heavy atom. The Labute approximate surface area is 110 Å². The first-order valence-corrected chi connectivity index (χ1v) is 6.78. The summed E-state index contributed by atoms with van der Waals surface area (Å²) in [5.41, 5.74) is 7.32. The number of fused-ring (bicyclic) bond motifs is 1. The molecule has 0 radical (unpaired) electrons. The summed E-state index contributed by atoms with van der Waals surface area (Å²) in [4.78, 5) is 2.41. The summed E-state index contributed by atoms with van der Waals surface area (Å²) >= 11 is 1.72. The number of hydrogen-bond donors (Lipinski definition) is 1. The number of para-hydroxylation sites is 1. The largest absolute Gasteiger partial charge is 0.486 e. The second kappa shape index (κ2) is 4.63. The van der Waals surface area contributed by atoms with Gasteiger partial charge >= 0.3 is 0 Å². The standard InChI is InChI=1S/C14H15NO2S/c1-9-5-6-12(18-9)13(15)10-3-2-4-11-14(10)17-8-7-16-11/h2-6,13H,7-8,15H2,1H3. The summed E-state index contributed by atoms with van der Waals surface area (Å²) < 4.78 is 11.3. The summed E-state index contributed by atoms with van der Waals surface area (Å²) in [6.45, 7) is 3.27. The van der Waals surface area contributed by atoms with E-state index in [9.17, 15) is 0 Å². The minimum atomic E-state index is -0.152. The number of rotatable bonds is 2. The van der Waals surface area contributed by atoms with Crippen LogP contribution in [0.5, 0.6) is 11.5 Å². The molecule has 2 N–H and O–H groups in total. The highest BCUT2D eigenvalue weighted by Gasteiger charge is 2.21. The SMILES string of the molecule is Cc1ccc(C(N)c2cccc3c2OCCO3)s1. The predicted molar refractivity (Wildman–Crippen MR) is 72.5 cm³/mol. The molecule has 1 atom stereocenters. The van der Waals surface area contributed by atoms with Gasteiger partial charge < -0.3 is 15.2 Å². The van der Waals surface area contributed by atoms with Gasteiger partial charge in [-0.1, -0.05) is 12.1 Å². The van der Waals surface area contributed by atoms with Crippen molar-refractivity contribution in [3.8, 4) is 11.5 Å². The van der Waals surface area contributed by atoms with Gasteiger partial charge in [-0.05, 0) is 25.1 Å². The molecule has 0 aliphatic carbocycles. The number of hydrogen-bond acceptors (Lipinski definition) is 4. The molecule has 0 saturated carbocycles. The molecular formula is C14H15NO2S. The van der Waals surface area contributed by atoms with E-state index in [1.807, 2.05) is 18.2 Å². The van der Waals surface area contributed by atoms with Gasteiger partial charge in [0.15, 0.2) is 11.5 Å². The molecule has 4 heteroatoms. The van der Waals surface area contributed by atoms with Crippen LogP contribution in [-0.4, -0.2) is 13.2 Å². The zero-order valence-corrected chi connectivity index (χ0v) is 11.0. The van der Waals surface area contributed by atoms with Gasteiger partial charge in [-0.15, -0.1) is 11.3 Å². The van der Waals surface area contributed by atoms with Crippen LogP contribution >= 0.6 is 11.3 Å². The molecular weight excluding hydrogens is 246 g/mol. The number of benzene rings is 1. The normalized spacial score (nSPS) is 15.4. The lowest BCUT2D eigenvalue weighted by atomic mass is 10.0. The van der Waals surface area contributed by atoms with Gasteiger partial charge in [-0.25, -0.2) is 0 Å². The van der Waals surface area contributed by atoms with Crippen molar-refractivity contribution in [2.75, 3.05) is 13.2 Å². The minimum Gasteiger partial charge on any atom is -0.486 e. The highest BCUT2D eigenvalue weighted by atomic mass is 32.1. The summed E-state index contributed by atoms with van der Waals surface area (Å²) in [7, 11) is 0. The fraction of sp³-hybridized carbons (Fsp3) is 0.286. The summed E-state index contributed by atoms with van der Waals surface area (Å²) in [5, 5.41) is 0. The number of thiophene rings is 1. The molecule has 94 valence electrons. The van der Waals surface area contributed by atoms with E-state index in [1.165, 1.54) is 4.88 Å². The van der Waals surface area contributed by atoms with Crippen LogP contribution in [0.3, 0.4) is 0 Å². The third-order valence-electron chi connectivity index (χ3n) is 3.00. The van der Waals surface area contributed by atoms with E-state index >= 15 is 0 Å². The zero-order valence-electron chi connectivity index (χ0n) is 10.2. The van der Waals surface area contributed by atoms with Crippen molar-refractivity contribution >= 4 is 11.3 Å². The van der Waals surface area contributed by atoms with Gasteiger partial charge in [-0.2, -0.15) is 0 Å². The van der Waals surface area contributed by atoms with E-state index in [2.05, 4.69) is 19.1 Å². The fourth-order valence-electron chi connectivity index (χ4n) is 2.12. The lowest BCUT2D eigenvalue weighted by Crippen LogP contribution is -2.19. The molecule has 1 aliphatic heterocycles. The molecule has 0 bridgehead atoms. The van der Waals surface area contributed by atoms with Crippen molar-refractivity contribution < 1.29 is 9.47 Å². The van der Waals surface area contributed by atoms with Crippen LogP contribution in [-0.2, 0) is 0 Å². The monoisotopic (exact) mass is 261 g/mol. The van der Waals surface area contributed by atoms with Gasteiger partial charge in [0.2, 0.25) is 0 Å². The van der Waals surface area contributed by atoms with Gasteiger partial charge in [-0.3, -0.25) is 0 Å². The van der Waals surface area contributed by atoms with Crippen molar-refractivity contribution in [2.24, 2.45) is 5.73 Å². The summed E-state index contributed by atoms with van der Waals surface area (Å²) in [5.74, 6) is 1.59. The molecule has 0 spiro atoms. The summed E-state index contributed by atoms with van der Waals surface area (Å²) in [6, 6.07) is 9.90. The lowest BCUT2D eigenvalue weighted by Gasteiger charge is -2.23. The van der Waals surface area contributed by atoms with Gasteiger partial charge in [0, 0.05) is 15.3 Å². The maximum Gasteiger partial charge on any atom is 0.166 e. The molecule has 0 fully saturated rings. The average molecular weight is 261 g/mol. The van der Waals surface area contributed by atoms with E-state index < -0.39 is 0 Å². The van der Waals surface area contributed by atoms with Gasteiger partial charge in [0.25, 0.3) is 0 Å². The molecule has 0 amide bonds. The Bertz CT molecular complexity index is 565. The molecule has 18 heavy (non-hydrogen) atoms. The molecule has 0 saturated heterocycles. The minimum absolute atomic E-state index is 0.152. The molecule has 2 aromatic rings. The Hall–Kier alpha value is -1.52. The highest BCUT2D eigenvalue weighted by molar-refractivity contribution is 7.12. The number of nitrogens with two attached hydrogens (primary N) is 1. The van der Waals surface area contributed by atoms with Crippen LogP contribution < -0.4 is 15.2 Å². The molecule has 1 aliphatic rings. The smallest absolute Gasteiger partial charge is 0.166 e. The maximum absolute atomic E-state index is 6.33. The zero-order chi connectivity index (χ0) is 12.5. The van der Waals surface area contributed by atoms with Crippen LogP contribution in [0.4, 0.5) is 0 Å². The molecule has 2 heterocycles. The van der Waals surface area contributed by atoms with Crippen molar-refractivity contribution in [3.63, 3.8) is 0 Å². The van der Waals surface area contributed by atoms with E-state index in [0.29, 0.717) is 13.2 Å². The predicted octanol–water partition coefficient (Wildman–Crippen LogP) is 2.88. The van der Waals surface area contributed by atoms with Crippen LogP contribution in [0.1, 0.15) is 21.4 Å². The number of aryl methyl sites for hydroxylation is 1. The molecule has 1 aromatic carbocycles. The van der Waals surface area contributed by atoms with Crippen LogP contribution in [0.25, 0.3) is 0 Å². The van der Waals surface area contributed by atoms with Crippen LogP contribution in [0.15, 0.2) is 30.3 Å². The van der Waals surface area contributed by atoms with Crippen molar-refractivity contribution in [1.82, 2.24) is 0 Å². The van der Waals surface area contributed by atoms with Crippen LogP contribution in [0, 0.1) is 6.92 Å². The number of ether oxygens (including phenoxy) is 2. The van der Waals surface area contributed by atoms with Crippen molar-refractivity contribution in [3.05, 3.63) is 45.6 Å². The maximum atomic E-state index is 6.33.